The fourth-order valence-corrected chi connectivity index (χ4v) is 2.59. The molecule has 104 valence electrons. The Morgan fingerprint density at radius 3 is 2.63 bits per heavy atom. The van der Waals surface area contributed by atoms with Crippen molar-refractivity contribution in [2.75, 3.05) is 11.9 Å². The molecular weight excluding hydrogens is 240 g/mol. The number of phenols is 1. The van der Waals surface area contributed by atoms with E-state index in [9.17, 15) is 9.90 Å². The van der Waals surface area contributed by atoms with Crippen LogP contribution in [-0.4, -0.2) is 17.6 Å². The van der Waals surface area contributed by atoms with Crippen molar-refractivity contribution in [2.24, 2.45) is 17.6 Å². The van der Waals surface area contributed by atoms with Crippen LogP contribution in [0.1, 0.15) is 31.2 Å². The van der Waals surface area contributed by atoms with Crippen LogP contribution in [0.3, 0.4) is 0 Å². The van der Waals surface area contributed by atoms with Crippen molar-refractivity contribution >= 4 is 11.6 Å². The van der Waals surface area contributed by atoms with Gasteiger partial charge in [0.15, 0.2) is 0 Å². The van der Waals surface area contributed by atoms with Crippen LogP contribution in [0.25, 0.3) is 0 Å². The summed E-state index contributed by atoms with van der Waals surface area (Å²) in [6.45, 7) is 2.55. The molecule has 1 saturated carbocycles. The van der Waals surface area contributed by atoms with Gasteiger partial charge in [0.25, 0.3) is 0 Å². The minimum atomic E-state index is 0.0544. The summed E-state index contributed by atoms with van der Waals surface area (Å²) in [6, 6.07) is 5.22. The van der Waals surface area contributed by atoms with E-state index in [4.69, 9.17) is 5.73 Å². The lowest BCUT2D eigenvalue weighted by molar-refractivity contribution is -0.121. The minimum absolute atomic E-state index is 0.0544. The molecule has 1 aromatic rings. The van der Waals surface area contributed by atoms with Gasteiger partial charge in [-0.15, -0.1) is 0 Å². The van der Waals surface area contributed by atoms with E-state index in [1.807, 2.05) is 13.0 Å². The van der Waals surface area contributed by atoms with Gasteiger partial charge in [-0.2, -0.15) is 0 Å². The van der Waals surface area contributed by atoms with E-state index in [1.165, 1.54) is 0 Å². The molecule has 1 amide bonds. The molecule has 1 aliphatic rings. The van der Waals surface area contributed by atoms with Crippen molar-refractivity contribution in [3.63, 3.8) is 0 Å². The van der Waals surface area contributed by atoms with Crippen LogP contribution in [-0.2, 0) is 4.79 Å². The van der Waals surface area contributed by atoms with Crippen LogP contribution in [0.15, 0.2) is 18.2 Å². The highest BCUT2D eigenvalue weighted by atomic mass is 16.3. The van der Waals surface area contributed by atoms with E-state index < -0.39 is 0 Å². The molecule has 1 aromatic carbocycles. The molecule has 0 saturated heterocycles. The van der Waals surface area contributed by atoms with Gasteiger partial charge in [-0.3, -0.25) is 4.79 Å². The van der Waals surface area contributed by atoms with E-state index in [1.54, 1.807) is 12.1 Å². The zero-order valence-electron chi connectivity index (χ0n) is 11.4. The van der Waals surface area contributed by atoms with Crippen molar-refractivity contribution in [3.05, 3.63) is 23.8 Å². The molecule has 0 aromatic heterocycles. The van der Waals surface area contributed by atoms with Gasteiger partial charge in [-0.1, -0.05) is 6.07 Å². The summed E-state index contributed by atoms with van der Waals surface area (Å²) >= 11 is 0. The second kappa shape index (κ2) is 6.06. The Hall–Kier alpha value is -1.55. The van der Waals surface area contributed by atoms with E-state index in [2.05, 4.69) is 5.32 Å². The van der Waals surface area contributed by atoms with Crippen molar-refractivity contribution in [3.8, 4) is 5.75 Å². The highest BCUT2D eigenvalue weighted by molar-refractivity contribution is 5.92. The number of benzene rings is 1. The second-order valence-electron chi connectivity index (χ2n) is 5.44. The van der Waals surface area contributed by atoms with Gasteiger partial charge in [0.1, 0.15) is 5.75 Å². The maximum atomic E-state index is 12.1. The smallest absolute Gasteiger partial charge is 0.227 e. The third-order valence-corrected chi connectivity index (χ3v) is 4.03. The standard InChI is InChI=1S/C15H22N2O2/c1-10-2-7-13(8-14(10)18)17-15(19)12-5-3-11(9-16)4-6-12/h2,7-8,11-12,18H,3-6,9,16H2,1H3,(H,17,19). The lowest BCUT2D eigenvalue weighted by Crippen LogP contribution is -2.29. The van der Waals surface area contributed by atoms with Crippen molar-refractivity contribution < 1.29 is 9.90 Å². The number of nitrogens with one attached hydrogen (secondary N) is 1. The predicted molar refractivity (Wildman–Crippen MR) is 76.0 cm³/mol. The summed E-state index contributed by atoms with van der Waals surface area (Å²) < 4.78 is 0. The summed E-state index contributed by atoms with van der Waals surface area (Å²) in [5.41, 5.74) is 7.12. The summed E-state index contributed by atoms with van der Waals surface area (Å²) in [7, 11) is 0. The van der Waals surface area contributed by atoms with Gasteiger partial charge in [0, 0.05) is 17.7 Å². The van der Waals surface area contributed by atoms with Crippen LogP contribution in [0.2, 0.25) is 0 Å². The molecule has 1 fully saturated rings. The number of amides is 1. The van der Waals surface area contributed by atoms with Gasteiger partial charge in [-0.05, 0) is 56.7 Å². The van der Waals surface area contributed by atoms with Gasteiger partial charge < -0.3 is 16.2 Å². The Labute approximate surface area is 114 Å². The van der Waals surface area contributed by atoms with Crippen LogP contribution in [0.5, 0.6) is 5.75 Å². The van der Waals surface area contributed by atoms with Crippen LogP contribution < -0.4 is 11.1 Å². The molecule has 2 rings (SSSR count). The summed E-state index contributed by atoms with van der Waals surface area (Å²) in [5, 5.41) is 12.5. The van der Waals surface area contributed by atoms with Crippen molar-refractivity contribution in [1.29, 1.82) is 0 Å². The number of phenolic OH excluding ortho intramolecular Hbond substituents is 1. The highest BCUT2D eigenvalue weighted by Gasteiger charge is 2.25. The van der Waals surface area contributed by atoms with Gasteiger partial charge in [0.05, 0.1) is 0 Å². The fraction of sp³-hybridized carbons (Fsp3) is 0.533. The lowest BCUT2D eigenvalue weighted by Gasteiger charge is -2.26. The first kappa shape index (κ1) is 13.9. The Kier molecular flexibility index (Phi) is 4.43. The lowest BCUT2D eigenvalue weighted by atomic mass is 9.81. The zero-order valence-corrected chi connectivity index (χ0v) is 11.4. The van der Waals surface area contributed by atoms with Gasteiger partial charge in [0.2, 0.25) is 5.91 Å². The highest BCUT2D eigenvalue weighted by Crippen LogP contribution is 2.29. The molecule has 19 heavy (non-hydrogen) atoms. The monoisotopic (exact) mass is 262 g/mol. The number of hydrogen-bond acceptors (Lipinski definition) is 3. The number of anilines is 1. The number of aryl methyl sites for hydroxylation is 1. The number of nitrogens with two attached hydrogens (primary N) is 1. The molecule has 0 atom stereocenters. The van der Waals surface area contributed by atoms with Crippen molar-refractivity contribution in [1.82, 2.24) is 0 Å². The Balaban J connectivity index is 1.92. The first-order chi connectivity index (χ1) is 9.10. The van der Waals surface area contributed by atoms with E-state index in [0.29, 0.717) is 11.6 Å². The van der Waals surface area contributed by atoms with E-state index in [0.717, 1.165) is 37.8 Å². The van der Waals surface area contributed by atoms with E-state index >= 15 is 0 Å². The topological polar surface area (TPSA) is 75.4 Å². The number of aromatic hydroxyl groups is 1. The summed E-state index contributed by atoms with van der Waals surface area (Å²) in [6.07, 6.45) is 3.89. The van der Waals surface area contributed by atoms with Gasteiger partial charge in [-0.25, -0.2) is 0 Å². The molecule has 4 N–H and O–H groups in total. The Morgan fingerprint density at radius 1 is 1.37 bits per heavy atom. The molecule has 4 heteroatoms. The SMILES string of the molecule is Cc1ccc(NC(=O)C2CCC(CN)CC2)cc1O. The Bertz CT molecular complexity index is 451. The van der Waals surface area contributed by atoms with Crippen LogP contribution >= 0.6 is 0 Å². The molecule has 0 unspecified atom stereocenters. The molecule has 0 radical (unpaired) electrons. The largest absolute Gasteiger partial charge is 0.508 e. The Morgan fingerprint density at radius 2 is 2.05 bits per heavy atom. The fourth-order valence-electron chi connectivity index (χ4n) is 2.59. The molecule has 1 aliphatic carbocycles. The molecule has 4 nitrogen and oxygen atoms in total. The summed E-state index contributed by atoms with van der Waals surface area (Å²) in [5.74, 6) is 0.919. The second-order valence-corrected chi connectivity index (χ2v) is 5.44. The quantitative estimate of drug-likeness (QED) is 0.783. The van der Waals surface area contributed by atoms with Gasteiger partial charge >= 0.3 is 0 Å². The number of hydrogen-bond donors (Lipinski definition) is 3. The summed E-state index contributed by atoms with van der Waals surface area (Å²) in [4.78, 5) is 12.1. The molecule has 0 spiro atoms. The van der Waals surface area contributed by atoms with Crippen LogP contribution in [0.4, 0.5) is 5.69 Å². The number of carbonyl (C=O) groups is 1. The molecule has 0 heterocycles. The minimum Gasteiger partial charge on any atom is -0.508 e. The first-order valence-electron chi connectivity index (χ1n) is 6.90. The number of carbonyl (C=O) groups excluding carboxylic acids is 1. The molecule has 0 bridgehead atoms. The average Bonchev–Trinajstić information content (AvgIpc) is 2.43. The zero-order chi connectivity index (χ0) is 13.8. The van der Waals surface area contributed by atoms with Crippen molar-refractivity contribution in [2.45, 2.75) is 32.6 Å². The predicted octanol–water partition coefficient (Wildman–Crippen LogP) is 2.40. The maximum absolute atomic E-state index is 12.1. The third-order valence-electron chi connectivity index (χ3n) is 4.03. The average molecular weight is 262 g/mol. The normalized spacial score (nSPS) is 23.1. The third kappa shape index (κ3) is 3.47. The van der Waals surface area contributed by atoms with Crippen LogP contribution in [0, 0.1) is 18.8 Å². The maximum Gasteiger partial charge on any atom is 0.227 e. The molecular formula is C15H22N2O2. The number of rotatable bonds is 3. The van der Waals surface area contributed by atoms with E-state index in [-0.39, 0.29) is 17.6 Å². The first-order valence-corrected chi connectivity index (χ1v) is 6.90. The molecule has 0 aliphatic heterocycles.